The second-order valence-electron chi connectivity index (χ2n) is 6.64. The minimum Gasteiger partial charge on any atom is -0.454 e. The highest BCUT2D eigenvalue weighted by Crippen LogP contribution is 2.33. The molecule has 2 aromatic carbocycles. The van der Waals surface area contributed by atoms with Gasteiger partial charge in [0.05, 0.1) is 17.3 Å². The van der Waals surface area contributed by atoms with E-state index in [-0.39, 0.29) is 5.41 Å². The van der Waals surface area contributed by atoms with Crippen molar-refractivity contribution in [2.45, 2.75) is 32.7 Å². The molecule has 0 aliphatic carbocycles. The summed E-state index contributed by atoms with van der Waals surface area (Å²) < 4.78 is 11.2. The van der Waals surface area contributed by atoms with E-state index in [1.807, 2.05) is 63.2 Å². The predicted octanol–water partition coefficient (Wildman–Crippen LogP) is 5.42. The average molecular weight is 358 g/mol. The van der Waals surface area contributed by atoms with E-state index >= 15 is 0 Å². The first-order valence-electron chi connectivity index (χ1n) is 8.02. The van der Waals surface area contributed by atoms with Gasteiger partial charge in [-0.1, -0.05) is 61.8 Å². The van der Waals surface area contributed by atoms with E-state index in [4.69, 9.17) is 20.9 Å². The van der Waals surface area contributed by atoms with Crippen LogP contribution in [0.1, 0.15) is 32.5 Å². The third-order valence-corrected chi connectivity index (χ3v) is 3.82. The van der Waals surface area contributed by atoms with Crippen LogP contribution < -0.4 is 10.1 Å². The van der Waals surface area contributed by atoms with Gasteiger partial charge in [0.1, 0.15) is 5.75 Å². The van der Waals surface area contributed by atoms with Gasteiger partial charge in [0.2, 0.25) is 5.89 Å². The van der Waals surface area contributed by atoms with Crippen molar-refractivity contribution in [3.05, 3.63) is 65.3 Å². The molecule has 0 bridgehead atoms. The minimum atomic E-state index is -0.146. The lowest BCUT2D eigenvalue weighted by atomic mass is 9.96. The van der Waals surface area contributed by atoms with Gasteiger partial charge in [-0.15, -0.1) is 0 Å². The van der Waals surface area contributed by atoms with Crippen LogP contribution in [-0.2, 0) is 12.0 Å². The van der Waals surface area contributed by atoms with E-state index in [1.54, 1.807) is 6.07 Å². The highest BCUT2D eigenvalue weighted by molar-refractivity contribution is 6.32. The SMILES string of the molecule is CC(C)(C)c1noc(CNc2ccccc2Oc2ccccc2Cl)n1. The molecule has 0 aliphatic rings. The van der Waals surface area contributed by atoms with Gasteiger partial charge < -0.3 is 14.6 Å². The lowest BCUT2D eigenvalue weighted by molar-refractivity contribution is 0.367. The van der Waals surface area contributed by atoms with Gasteiger partial charge in [-0.2, -0.15) is 4.98 Å². The van der Waals surface area contributed by atoms with Gasteiger partial charge in [-0.25, -0.2) is 0 Å². The summed E-state index contributed by atoms with van der Waals surface area (Å²) >= 11 is 6.17. The zero-order valence-corrected chi connectivity index (χ0v) is 15.2. The van der Waals surface area contributed by atoms with Crippen LogP contribution in [-0.4, -0.2) is 10.1 Å². The Hall–Kier alpha value is -2.53. The molecule has 0 spiro atoms. The fourth-order valence-corrected chi connectivity index (χ4v) is 2.32. The van der Waals surface area contributed by atoms with Gasteiger partial charge >= 0.3 is 0 Å². The lowest BCUT2D eigenvalue weighted by Gasteiger charge is -2.13. The number of nitrogens with zero attached hydrogens (tertiary/aromatic N) is 2. The van der Waals surface area contributed by atoms with Crippen molar-refractivity contribution in [2.75, 3.05) is 5.32 Å². The number of benzene rings is 2. The van der Waals surface area contributed by atoms with Crippen LogP contribution in [0.3, 0.4) is 0 Å². The summed E-state index contributed by atoms with van der Waals surface area (Å²) in [4.78, 5) is 4.42. The predicted molar refractivity (Wildman–Crippen MR) is 98.3 cm³/mol. The summed E-state index contributed by atoms with van der Waals surface area (Å²) in [5.41, 5.74) is 0.672. The van der Waals surface area contributed by atoms with E-state index in [0.29, 0.717) is 34.8 Å². The van der Waals surface area contributed by atoms with Gasteiger partial charge in [0.25, 0.3) is 0 Å². The van der Waals surface area contributed by atoms with E-state index in [9.17, 15) is 0 Å². The Balaban J connectivity index is 1.73. The molecule has 0 radical (unpaired) electrons. The van der Waals surface area contributed by atoms with Crippen molar-refractivity contribution in [3.8, 4) is 11.5 Å². The van der Waals surface area contributed by atoms with Crippen LogP contribution in [0, 0.1) is 0 Å². The number of aromatic nitrogens is 2. The van der Waals surface area contributed by atoms with E-state index in [1.165, 1.54) is 0 Å². The Bertz CT molecular complexity index is 856. The molecule has 6 heteroatoms. The van der Waals surface area contributed by atoms with E-state index < -0.39 is 0 Å². The second-order valence-corrected chi connectivity index (χ2v) is 7.05. The maximum Gasteiger partial charge on any atom is 0.245 e. The van der Waals surface area contributed by atoms with Crippen LogP contribution in [0.2, 0.25) is 5.02 Å². The molecule has 130 valence electrons. The van der Waals surface area contributed by atoms with Crippen molar-refractivity contribution in [3.63, 3.8) is 0 Å². The van der Waals surface area contributed by atoms with Crippen molar-refractivity contribution >= 4 is 17.3 Å². The molecule has 3 rings (SSSR count). The molecule has 0 atom stereocenters. The first-order valence-corrected chi connectivity index (χ1v) is 8.39. The fourth-order valence-electron chi connectivity index (χ4n) is 2.15. The molecule has 0 fully saturated rings. The van der Waals surface area contributed by atoms with Crippen molar-refractivity contribution in [1.82, 2.24) is 10.1 Å². The maximum atomic E-state index is 6.17. The number of ether oxygens (including phenoxy) is 1. The smallest absolute Gasteiger partial charge is 0.245 e. The molecular weight excluding hydrogens is 338 g/mol. The molecule has 5 nitrogen and oxygen atoms in total. The number of hydrogen-bond donors (Lipinski definition) is 1. The highest BCUT2D eigenvalue weighted by atomic mass is 35.5. The average Bonchev–Trinajstić information content (AvgIpc) is 3.05. The summed E-state index contributed by atoms with van der Waals surface area (Å²) in [5.74, 6) is 2.49. The van der Waals surface area contributed by atoms with Crippen LogP contribution in [0.15, 0.2) is 53.1 Å². The quantitative estimate of drug-likeness (QED) is 0.660. The first-order chi connectivity index (χ1) is 11.9. The first kappa shape index (κ1) is 17.3. The Morgan fingerprint density at radius 2 is 1.72 bits per heavy atom. The standard InChI is InChI=1S/C19H20ClN3O2/c1-19(2,3)18-22-17(25-23-18)12-21-14-9-5-7-11-16(14)24-15-10-6-4-8-13(15)20/h4-11,21H,12H2,1-3H3. The van der Waals surface area contributed by atoms with Crippen LogP contribution in [0.4, 0.5) is 5.69 Å². The molecule has 25 heavy (non-hydrogen) atoms. The number of halogens is 1. The summed E-state index contributed by atoms with van der Waals surface area (Å²) in [6.45, 7) is 6.54. The summed E-state index contributed by atoms with van der Waals surface area (Å²) in [5, 5.41) is 7.86. The number of anilines is 1. The third-order valence-electron chi connectivity index (χ3n) is 3.51. The molecule has 0 aliphatic heterocycles. The molecule has 0 saturated carbocycles. The number of nitrogens with one attached hydrogen (secondary N) is 1. The largest absolute Gasteiger partial charge is 0.454 e. The van der Waals surface area contributed by atoms with E-state index in [2.05, 4.69) is 15.5 Å². The van der Waals surface area contributed by atoms with Crippen molar-refractivity contribution < 1.29 is 9.26 Å². The van der Waals surface area contributed by atoms with Crippen LogP contribution >= 0.6 is 11.6 Å². The molecule has 0 amide bonds. The molecule has 3 aromatic rings. The molecule has 0 saturated heterocycles. The zero-order valence-electron chi connectivity index (χ0n) is 14.4. The Morgan fingerprint density at radius 1 is 1.04 bits per heavy atom. The monoisotopic (exact) mass is 357 g/mol. The second kappa shape index (κ2) is 7.15. The normalized spacial score (nSPS) is 11.4. The Morgan fingerprint density at radius 3 is 2.40 bits per heavy atom. The summed E-state index contributed by atoms with van der Waals surface area (Å²) in [7, 11) is 0. The highest BCUT2D eigenvalue weighted by Gasteiger charge is 2.20. The molecule has 0 unspecified atom stereocenters. The molecular formula is C19H20ClN3O2. The van der Waals surface area contributed by atoms with Crippen LogP contribution in [0.5, 0.6) is 11.5 Å². The van der Waals surface area contributed by atoms with Gasteiger partial charge in [-0.05, 0) is 24.3 Å². The zero-order chi connectivity index (χ0) is 17.9. The van der Waals surface area contributed by atoms with Crippen molar-refractivity contribution in [1.29, 1.82) is 0 Å². The minimum absolute atomic E-state index is 0.146. The third kappa shape index (κ3) is 4.31. The maximum absolute atomic E-state index is 6.17. The van der Waals surface area contributed by atoms with Crippen LogP contribution in [0.25, 0.3) is 0 Å². The van der Waals surface area contributed by atoms with Gasteiger partial charge in [0.15, 0.2) is 11.6 Å². The fraction of sp³-hybridized carbons (Fsp3) is 0.263. The Labute approximate surface area is 152 Å². The number of rotatable bonds is 5. The van der Waals surface area contributed by atoms with E-state index in [0.717, 1.165) is 5.69 Å². The molecule has 1 aromatic heterocycles. The van der Waals surface area contributed by atoms with Gasteiger partial charge in [-0.3, -0.25) is 0 Å². The van der Waals surface area contributed by atoms with Gasteiger partial charge in [0, 0.05) is 5.41 Å². The lowest BCUT2D eigenvalue weighted by Crippen LogP contribution is -2.13. The summed E-state index contributed by atoms with van der Waals surface area (Å²) in [6.07, 6.45) is 0. The summed E-state index contributed by atoms with van der Waals surface area (Å²) in [6, 6.07) is 15.0. The topological polar surface area (TPSA) is 60.2 Å². The van der Waals surface area contributed by atoms with Crippen molar-refractivity contribution in [2.24, 2.45) is 0 Å². The number of hydrogen-bond acceptors (Lipinski definition) is 5. The Kier molecular flexibility index (Phi) is 4.95. The molecule has 1 N–H and O–H groups in total. The number of para-hydroxylation sites is 3. The molecule has 1 heterocycles.